The fourth-order valence-corrected chi connectivity index (χ4v) is 6.43. The fraction of sp³-hybridized carbons (Fsp3) is 0.650. The molecule has 4 bridgehead atoms. The van der Waals surface area contributed by atoms with E-state index >= 15 is 0 Å². The van der Waals surface area contributed by atoms with Crippen molar-refractivity contribution >= 4 is 5.97 Å². The van der Waals surface area contributed by atoms with Gasteiger partial charge in [0.2, 0.25) is 0 Å². The van der Waals surface area contributed by atoms with E-state index in [1.54, 1.807) is 7.11 Å². The maximum atomic E-state index is 12.2. The summed E-state index contributed by atoms with van der Waals surface area (Å²) >= 11 is 0. The van der Waals surface area contributed by atoms with E-state index in [4.69, 9.17) is 18.9 Å². The van der Waals surface area contributed by atoms with E-state index in [0.717, 1.165) is 25.0 Å². The summed E-state index contributed by atoms with van der Waals surface area (Å²) in [6.07, 6.45) is 3.37. The Bertz CT molecular complexity index is 746. The first kappa shape index (κ1) is 15.6. The summed E-state index contributed by atoms with van der Waals surface area (Å²) in [5.41, 5.74) is 2.20. The van der Waals surface area contributed by atoms with Crippen molar-refractivity contribution in [2.75, 3.05) is 21.3 Å². The molecule has 0 spiro atoms. The van der Waals surface area contributed by atoms with Gasteiger partial charge in [0, 0.05) is 13.0 Å². The third kappa shape index (κ3) is 1.73. The van der Waals surface area contributed by atoms with Crippen LogP contribution in [0.2, 0.25) is 0 Å². The van der Waals surface area contributed by atoms with Gasteiger partial charge < -0.3 is 18.9 Å². The zero-order chi connectivity index (χ0) is 17.4. The highest BCUT2D eigenvalue weighted by molar-refractivity contribution is 5.71. The summed E-state index contributed by atoms with van der Waals surface area (Å²) in [5, 5.41) is 0. The molecule has 0 amide bonds. The second kappa shape index (κ2) is 4.98. The number of benzene rings is 1. The largest absolute Gasteiger partial charge is 0.497 e. The minimum atomic E-state index is -0.223. The van der Waals surface area contributed by atoms with Crippen LogP contribution >= 0.6 is 0 Å². The molecule has 3 saturated carbocycles. The van der Waals surface area contributed by atoms with Crippen molar-refractivity contribution < 1.29 is 23.7 Å². The van der Waals surface area contributed by atoms with Gasteiger partial charge in [-0.25, -0.2) is 0 Å². The summed E-state index contributed by atoms with van der Waals surface area (Å²) in [7, 11) is 4.99. The van der Waals surface area contributed by atoms with Crippen LogP contribution in [0.25, 0.3) is 0 Å². The van der Waals surface area contributed by atoms with Crippen LogP contribution in [0.15, 0.2) is 18.2 Å². The lowest BCUT2D eigenvalue weighted by Gasteiger charge is -2.59. The smallest absolute Gasteiger partial charge is 0.306 e. The lowest BCUT2D eigenvalue weighted by Crippen LogP contribution is -2.61. The number of rotatable bonds is 4. The molecule has 0 aromatic heterocycles. The number of ether oxygens (including phenoxy) is 4. The van der Waals surface area contributed by atoms with Crippen molar-refractivity contribution in [1.82, 2.24) is 0 Å². The van der Waals surface area contributed by atoms with Crippen molar-refractivity contribution in [2.45, 2.75) is 49.4 Å². The zero-order valence-electron chi connectivity index (χ0n) is 14.9. The molecule has 0 N–H and O–H groups in total. The van der Waals surface area contributed by atoms with Crippen molar-refractivity contribution in [2.24, 2.45) is 11.3 Å². The molecule has 1 saturated heterocycles. The minimum Gasteiger partial charge on any atom is -0.497 e. The molecule has 1 aromatic rings. The molecule has 6 atom stereocenters. The van der Waals surface area contributed by atoms with Gasteiger partial charge in [0.15, 0.2) is 0 Å². The lowest BCUT2D eigenvalue weighted by atomic mass is 9.47. The number of hydrogen-bond donors (Lipinski definition) is 0. The molecule has 1 aliphatic heterocycles. The van der Waals surface area contributed by atoms with Gasteiger partial charge in [0.1, 0.15) is 11.4 Å². The third-order valence-corrected chi connectivity index (χ3v) is 7.41. The lowest BCUT2D eigenvalue weighted by molar-refractivity contribution is -0.188. The van der Waals surface area contributed by atoms with E-state index < -0.39 is 0 Å². The highest BCUT2D eigenvalue weighted by atomic mass is 16.6. The number of esters is 1. The predicted molar refractivity (Wildman–Crippen MR) is 89.5 cm³/mol. The Hall–Kier alpha value is -1.59. The first-order chi connectivity index (χ1) is 12.1. The summed E-state index contributed by atoms with van der Waals surface area (Å²) in [5.74, 6) is 1.27. The molecular formula is C20H24O5. The van der Waals surface area contributed by atoms with E-state index in [0.29, 0.717) is 6.42 Å². The summed E-state index contributed by atoms with van der Waals surface area (Å²) < 4.78 is 23.2. The van der Waals surface area contributed by atoms with Crippen LogP contribution in [-0.4, -0.2) is 39.0 Å². The predicted octanol–water partition coefficient (Wildman–Crippen LogP) is 2.98. The first-order valence-corrected chi connectivity index (χ1v) is 9.04. The van der Waals surface area contributed by atoms with Gasteiger partial charge in [-0.2, -0.15) is 0 Å². The number of hydrogen-bond acceptors (Lipinski definition) is 5. The molecule has 3 unspecified atom stereocenters. The molecule has 25 heavy (non-hydrogen) atoms. The van der Waals surface area contributed by atoms with Gasteiger partial charge in [-0.1, -0.05) is 6.07 Å². The molecule has 0 radical (unpaired) electrons. The van der Waals surface area contributed by atoms with Crippen LogP contribution < -0.4 is 4.74 Å². The van der Waals surface area contributed by atoms with Gasteiger partial charge in [-0.05, 0) is 53.9 Å². The Morgan fingerprint density at radius 3 is 2.80 bits per heavy atom. The molecule has 5 nitrogen and oxygen atoms in total. The molecule has 5 aliphatic rings. The first-order valence-electron chi connectivity index (χ1n) is 9.04. The molecule has 1 aromatic carbocycles. The maximum absolute atomic E-state index is 12.2. The van der Waals surface area contributed by atoms with Crippen LogP contribution in [0.1, 0.15) is 48.8 Å². The molecule has 5 heteroatoms. The molecule has 6 rings (SSSR count). The van der Waals surface area contributed by atoms with E-state index in [9.17, 15) is 4.79 Å². The Labute approximate surface area is 147 Å². The quantitative estimate of drug-likeness (QED) is 0.786. The minimum absolute atomic E-state index is 0.0654. The second-order valence-corrected chi connectivity index (χ2v) is 8.02. The highest BCUT2D eigenvalue weighted by Gasteiger charge is 2.74. The highest BCUT2D eigenvalue weighted by Crippen LogP contribution is 2.75. The second-order valence-electron chi connectivity index (χ2n) is 8.02. The van der Waals surface area contributed by atoms with Gasteiger partial charge in [-0.15, -0.1) is 0 Å². The van der Waals surface area contributed by atoms with Crippen LogP contribution in [0, 0.1) is 11.3 Å². The average Bonchev–Trinajstić information content (AvgIpc) is 3.09. The van der Waals surface area contributed by atoms with Gasteiger partial charge >= 0.3 is 5.97 Å². The number of methoxy groups -OCH3 is 3. The monoisotopic (exact) mass is 344 g/mol. The molecule has 134 valence electrons. The standard InChI is InChI=1S/C20H24O5/c1-22-11-4-5-12-13(8-11)16-17-18(12)25-14-9-19(16,10-15(21)23-2)6-7-20(14,17)24-3/h4-5,8,14,16-18H,6-7,9-10H2,1-3H3/t14?,16?,17?,18-,19+,20+/m0/s1. The van der Waals surface area contributed by atoms with Crippen LogP contribution in [-0.2, 0) is 19.0 Å². The summed E-state index contributed by atoms with van der Waals surface area (Å²) in [6.45, 7) is 0. The van der Waals surface area contributed by atoms with Crippen LogP contribution in [0.4, 0.5) is 0 Å². The van der Waals surface area contributed by atoms with Gasteiger partial charge in [-0.3, -0.25) is 4.79 Å². The topological polar surface area (TPSA) is 54.0 Å². The summed E-state index contributed by atoms with van der Waals surface area (Å²) in [4.78, 5) is 12.2. The number of carbonyl (C=O) groups excluding carboxylic acids is 1. The van der Waals surface area contributed by atoms with Crippen molar-refractivity contribution in [3.05, 3.63) is 29.3 Å². The fourth-order valence-electron chi connectivity index (χ4n) is 6.43. The van der Waals surface area contributed by atoms with Crippen molar-refractivity contribution in [3.63, 3.8) is 0 Å². The number of carbonyl (C=O) groups is 1. The summed E-state index contributed by atoms with van der Waals surface area (Å²) in [6, 6.07) is 6.28. The Balaban J connectivity index is 1.69. The van der Waals surface area contributed by atoms with Gasteiger partial charge in [0.25, 0.3) is 0 Å². The zero-order valence-corrected chi connectivity index (χ0v) is 14.9. The maximum Gasteiger partial charge on any atom is 0.306 e. The third-order valence-electron chi connectivity index (χ3n) is 7.41. The van der Waals surface area contributed by atoms with Gasteiger partial charge in [0.05, 0.1) is 32.8 Å². The SMILES string of the molecule is COC(=O)C[C@@]12CC[C@@]3(OC)C(C1)O[C@H]1c4ccc(OC)cc4C2C13. The van der Waals surface area contributed by atoms with E-state index in [2.05, 4.69) is 12.1 Å². The van der Waals surface area contributed by atoms with Crippen molar-refractivity contribution in [3.8, 4) is 5.75 Å². The molecule has 1 heterocycles. The van der Waals surface area contributed by atoms with E-state index in [1.807, 2.05) is 13.2 Å². The Morgan fingerprint density at radius 2 is 2.08 bits per heavy atom. The molecule has 4 fully saturated rings. The van der Waals surface area contributed by atoms with Crippen molar-refractivity contribution in [1.29, 1.82) is 0 Å². The van der Waals surface area contributed by atoms with Crippen LogP contribution in [0.5, 0.6) is 5.75 Å². The van der Waals surface area contributed by atoms with E-state index in [-0.39, 0.29) is 41.0 Å². The normalized spacial score (nSPS) is 42.4. The Kier molecular flexibility index (Phi) is 3.12. The number of fused-ring (bicyclic) bond motifs is 3. The van der Waals surface area contributed by atoms with Crippen LogP contribution in [0.3, 0.4) is 0 Å². The molecule has 4 aliphatic carbocycles. The molecular weight excluding hydrogens is 320 g/mol. The average molecular weight is 344 g/mol. The Morgan fingerprint density at radius 1 is 1.24 bits per heavy atom. The van der Waals surface area contributed by atoms with E-state index in [1.165, 1.54) is 18.2 Å².